The first-order valence-electron chi connectivity index (χ1n) is 13.0. The number of nitrogens with one attached hydrogen (secondary N) is 3. The number of aryl methyl sites for hydroxylation is 1. The normalized spacial score (nSPS) is 10.8. The third-order valence-electron chi connectivity index (χ3n) is 6.37. The molecule has 0 aliphatic heterocycles. The molecule has 0 unspecified atom stereocenters. The summed E-state index contributed by atoms with van der Waals surface area (Å²) in [6.45, 7) is 0. The minimum Gasteiger partial charge on any atom is -0.326 e. The Balaban J connectivity index is 1.21. The average Bonchev–Trinajstić information content (AvgIpc) is 3.65. The third-order valence-corrected chi connectivity index (χ3v) is 6.37. The second-order valence-corrected chi connectivity index (χ2v) is 9.26. The summed E-state index contributed by atoms with van der Waals surface area (Å²) in [6.07, 6.45) is 9.31. The van der Waals surface area contributed by atoms with Crippen LogP contribution >= 0.6 is 0 Å². The summed E-state index contributed by atoms with van der Waals surface area (Å²) in [5, 5.41) is 12.7. The van der Waals surface area contributed by atoms with Crippen LogP contribution in [0.5, 0.6) is 0 Å². The predicted molar refractivity (Wildman–Crippen MR) is 153 cm³/mol. The molecule has 2 amide bonds. The number of amides is 2. The van der Waals surface area contributed by atoms with Gasteiger partial charge in [-0.3, -0.25) is 24.6 Å². The minimum absolute atomic E-state index is 0.0244. The van der Waals surface area contributed by atoms with Crippen LogP contribution in [0.25, 0.3) is 16.8 Å². The number of carbonyl (C=O) groups is 2. The van der Waals surface area contributed by atoms with Crippen molar-refractivity contribution in [2.75, 3.05) is 10.6 Å². The number of benzene rings is 3. The van der Waals surface area contributed by atoms with Gasteiger partial charge in [-0.25, -0.2) is 4.98 Å². The van der Waals surface area contributed by atoms with Crippen molar-refractivity contribution in [1.82, 2.24) is 19.7 Å². The molecule has 3 N–H and O–H groups in total. The molecule has 0 radical (unpaired) electrons. The fourth-order valence-electron chi connectivity index (χ4n) is 4.36. The van der Waals surface area contributed by atoms with Gasteiger partial charge in [-0.15, -0.1) is 0 Å². The number of H-pyrrole nitrogens is 1. The van der Waals surface area contributed by atoms with Gasteiger partial charge in [0.05, 0.1) is 11.9 Å². The van der Waals surface area contributed by atoms with Gasteiger partial charge in [0.15, 0.2) is 0 Å². The first-order chi connectivity index (χ1) is 19.2. The number of hydrogen-bond donors (Lipinski definition) is 3. The number of carbonyl (C=O) groups excluding carboxylic acids is 2. The van der Waals surface area contributed by atoms with Gasteiger partial charge in [-0.05, 0) is 61.2 Å². The zero-order chi connectivity index (χ0) is 26.9. The van der Waals surface area contributed by atoms with E-state index in [-0.39, 0.29) is 11.8 Å². The molecule has 0 aliphatic rings. The maximum Gasteiger partial charge on any atom is 0.258 e. The van der Waals surface area contributed by atoms with E-state index in [2.05, 4.69) is 20.8 Å². The summed E-state index contributed by atoms with van der Waals surface area (Å²) >= 11 is 0. The number of rotatable bonds is 11. The lowest BCUT2D eigenvalue weighted by Crippen LogP contribution is -2.15. The van der Waals surface area contributed by atoms with Crippen molar-refractivity contribution < 1.29 is 9.59 Å². The summed E-state index contributed by atoms with van der Waals surface area (Å²) in [4.78, 5) is 30.1. The van der Waals surface area contributed by atoms with E-state index in [9.17, 15) is 9.59 Å². The van der Waals surface area contributed by atoms with Crippen LogP contribution < -0.4 is 10.6 Å². The van der Waals surface area contributed by atoms with Crippen LogP contribution in [0.4, 0.5) is 11.6 Å². The van der Waals surface area contributed by atoms with Gasteiger partial charge in [0.1, 0.15) is 0 Å². The largest absolute Gasteiger partial charge is 0.326 e. The fraction of sp³-hybridized carbons (Fsp3) is 0.161. The molecule has 39 heavy (non-hydrogen) atoms. The second-order valence-electron chi connectivity index (χ2n) is 9.26. The molecule has 0 atom stereocenters. The number of imidazole rings is 1. The highest BCUT2D eigenvalue weighted by molar-refractivity contribution is 6.04. The highest BCUT2D eigenvalue weighted by Gasteiger charge is 2.15. The van der Waals surface area contributed by atoms with Crippen molar-refractivity contribution in [1.29, 1.82) is 0 Å². The molecule has 5 rings (SSSR count). The Morgan fingerprint density at radius 1 is 0.821 bits per heavy atom. The quantitative estimate of drug-likeness (QED) is 0.180. The van der Waals surface area contributed by atoms with Crippen molar-refractivity contribution in [3.05, 3.63) is 115 Å². The third kappa shape index (κ3) is 6.87. The van der Waals surface area contributed by atoms with Gasteiger partial charge >= 0.3 is 0 Å². The Labute approximate surface area is 227 Å². The average molecular weight is 519 g/mol. The zero-order valence-corrected chi connectivity index (χ0v) is 21.5. The van der Waals surface area contributed by atoms with E-state index in [1.807, 2.05) is 89.6 Å². The number of unbranched alkanes of at least 4 members (excludes halogenated alkanes) is 2. The molecule has 0 fully saturated rings. The lowest BCUT2D eigenvalue weighted by Gasteiger charge is -2.09. The van der Waals surface area contributed by atoms with Crippen molar-refractivity contribution in [2.45, 2.75) is 32.1 Å². The smallest absolute Gasteiger partial charge is 0.258 e. The summed E-state index contributed by atoms with van der Waals surface area (Å²) in [6, 6.07) is 26.7. The lowest BCUT2D eigenvalue weighted by atomic mass is 10.1. The van der Waals surface area contributed by atoms with Crippen molar-refractivity contribution in [2.24, 2.45) is 0 Å². The highest BCUT2D eigenvalue weighted by atomic mass is 16.2. The van der Waals surface area contributed by atoms with E-state index in [1.54, 1.807) is 18.5 Å². The van der Waals surface area contributed by atoms with Gasteiger partial charge in [0.2, 0.25) is 11.9 Å². The number of hydrogen-bond acceptors (Lipinski definition) is 4. The van der Waals surface area contributed by atoms with Crippen molar-refractivity contribution >= 4 is 23.5 Å². The summed E-state index contributed by atoms with van der Waals surface area (Å²) < 4.78 is 1.90. The standard InChI is InChI=1S/C31H30N6O2/c38-29(34-26-13-4-1-5-14-26)18-9-2-6-15-27-22-37(28-16-7-3-8-17-28)31(35-27)36-30(39)24-12-10-11-23(19-24)25-20-32-33-21-25/h1,3-5,7-8,10-14,16-17,19-22H,2,6,9,15,18H2,(H,32,33)(H,34,38)(H,35,36,39). The Morgan fingerprint density at radius 3 is 2.38 bits per heavy atom. The number of nitrogens with zero attached hydrogens (tertiary/aromatic N) is 3. The van der Waals surface area contributed by atoms with Gasteiger partial charge in [-0.1, -0.05) is 55.0 Å². The molecule has 2 heterocycles. The van der Waals surface area contributed by atoms with E-state index in [0.717, 1.165) is 53.9 Å². The second kappa shape index (κ2) is 12.5. The van der Waals surface area contributed by atoms with Crippen LogP contribution in [0.3, 0.4) is 0 Å². The number of aromatic nitrogens is 4. The van der Waals surface area contributed by atoms with E-state index >= 15 is 0 Å². The number of aromatic amines is 1. The highest BCUT2D eigenvalue weighted by Crippen LogP contribution is 2.22. The van der Waals surface area contributed by atoms with E-state index < -0.39 is 0 Å². The molecule has 0 bridgehead atoms. The van der Waals surface area contributed by atoms with Gasteiger partial charge in [0.25, 0.3) is 5.91 Å². The van der Waals surface area contributed by atoms with Crippen LogP contribution in [0.15, 0.2) is 104 Å². The van der Waals surface area contributed by atoms with Crippen LogP contribution in [-0.4, -0.2) is 31.6 Å². The van der Waals surface area contributed by atoms with Crippen molar-refractivity contribution in [3.63, 3.8) is 0 Å². The maximum absolute atomic E-state index is 13.2. The SMILES string of the molecule is O=C(CCCCCc1cn(-c2ccccc2)c(NC(=O)c2cccc(-c3cn[nH]c3)c2)n1)Nc1ccccc1. The molecule has 3 aromatic carbocycles. The van der Waals surface area contributed by atoms with Gasteiger partial charge in [0, 0.05) is 41.3 Å². The molecule has 0 saturated carbocycles. The van der Waals surface area contributed by atoms with Crippen LogP contribution in [0.1, 0.15) is 41.7 Å². The lowest BCUT2D eigenvalue weighted by molar-refractivity contribution is -0.116. The molecule has 8 heteroatoms. The van der Waals surface area contributed by atoms with Crippen molar-refractivity contribution in [3.8, 4) is 16.8 Å². The Kier molecular flexibility index (Phi) is 8.23. The molecule has 0 saturated heterocycles. The van der Waals surface area contributed by atoms with Crippen LogP contribution in [0, 0.1) is 0 Å². The summed E-state index contributed by atoms with van der Waals surface area (Å²) in [5.41, 5.74) is 4.96. The zero-order valence-electron chi connectivity index (χ0n) is 21.5. The summed E-state index contributed by atoms with van der Waals surface area (Å²) in [5.74, 6) is 0.257. The summed E-state index contributed by atoms with van der Waals surface area (Å²) in [7, 11) is 0. The molecular weight excluding hydrogens is 488 g/mol. The van der Waals surface area contributed by atoms with E-state index in [1.165, 1.54) is 0 Å². The Bertz CT molecular complexity index is 1510. The monoisotopic (exact) mass is 518 g/mol. The maximum atomic E-state index is 13.2. The molecular formula is C31H30N6O2. The molecule has 5 aromatic rings. The van der Waals surface area contributed by atoms with E-state index in [0.29, 0.717) is 17.9 Å². The number of anilines is 2. The van der Waals surface area contributed by atoms with Gasteiger partial charge < -0.3 is 5.32 Å². The molecule has 0 aliphatic carbocycles. The molecule has 196 valence electrons. The van der Waals surface area contributed by atoms with Crippen LogP contribution in [0.2, 0.25) is 0 Å². The Morgan fingerprint density at radius 2 is 1.62 bits per heavy atom. The first-order valence-corrected chi connectivity index (χ1v) is 13.0. The molecule has 0 spiro atoms. The van der Waals surface area contributed by atoms with E-state index in [4.69, 9.17) is 4.98 Å². The minimum atomic E-state index is -0.237. The fourth-order valence-corrected chi connectivity index (χ4v) is 4.36. The molecule has 8 nitrogen and oxygen atoms in total. The molecule has 2 aromatic heterocycles. The Hall–Kier alpha value is -4.98. The topological polar surface area (TPSA) is 105 Å². The predicted octanol–water partition coefficient (Wildman–Crippen LogP) is 6.26. The number of para-hydroxylation sites is 2. The first kappa shape index (κ1) is 25.7. The van der Waals surface area contributed by atoms with Gasteiger partial charge in [-0.2, -0.15) is 5.10 Å². The van der Waals surface area contributed by atoms with Crippen LogP contribution in [-0.2, 0) is 11.2 Å².